The molecule has 0 amide bonds. The van der Waals surface area contributed by atoms with Gasteiger partial charge in [-0.2, -0.15) is 18.3 Å². The smallest absolute Gasteiger partial charge is 0.312 e. The van der Waals surface area contributed by atoms with Crippen LogP contribution in [0.4, 0.5) is 13.2 Å². The lowest BCUT2D eigenvalue weighted by Crippen LogP contribution is -2.41. The Balaban J connectivity index is 2.19. The Bertz CT molecular complexity index is 414. The van der Waals surface area contributed by atoms with Crippen molar-refractivity contribution in [1.29, 1.82) is 0 Å². The standard InChI is InChI=1S/C13H20F3N3/c1-3-17-11-5-4-9(2)6-12(11)19-8-10(7-18-19)13(14,15)16/h7-9,11-12,17H,3-6H2,1-2H3. The maximum absolute atomic E-state index is 12.6. The molecule has 1 heterocycles. The normalized spacial score (nSPS) is 28.6. The third-order valence-corrected chi connectivity index (χ3v) is 3.81. The Morgan fingerprint density at radius 1 is 1.42 bits per heavy atom. The van der Waals surface area contributed by atoms with Crippen molar-refractivity contribution in [2.24, 2.45) is 5.92 Å². The number of hydrogen-bond donors (Lipinski definition) is 1. The van der Waals surface area contributed by atoms with Gasteiger partial charge in [0.15, 0.2) is 0 Å². The molecular formula is C13H20F3N3. The second-order valence-electron chi connectivity index (χ2n) is 5.36. The number of alkyl halides is 3. The first kappa shape index (κ1) is 14.4. The quantitative estimate of drug-likeness (QED) is 0.917. The second-order valence-corrected chi connectivity index (χ2v) is 5.36. The Morgan fingerprint density at radius 3 is 2.74 bits per heavy atom. The third kappa shape index (κ3) is 3.29. The van der Waals surface area contributed by atoms with Gasteiger partial charge in [0.05, 0.1) is 17.8 Å². The third-order valence-electron chi connectivity index (χ3n) is 3.81. The molecule has 3 atom stereocenters. The molecule has 0 aliphatic heterocycles. The molecule has 3 unspecified atom stereocenters. The number of likely N-dealkylation sites (N-methyl/N-ethyl adjacent to an activating group) is 1. The summed E-state index contributed by atoms with van der Waals surface area (Å²) in [5, 5.41) is 7.29. The fourth-order valence-corrected chi connectivity index (χ4v) is 2.81. The van der Waals surface area contributed by atoms with Gasteiger partial charge in [-0.1, -0.05) is 13.8 Å². The highest BCUT2D eigenvalue weighted by molar-refractivity contribution is 5.09. The molecular weight excluding hydrogens is 255 g/mol. The van der Waals surface area contributed by atoms with Crippen LogP contribution in [0.5, 0.6) is 0 Å². The lowest BCUT2D eigenvalue weighted by molar-refractivity contribution is -0.137. The molecule has 1 aliphatic rings. The van der Waals surface area contributed by atoms with Crippen LogP contribution in [0.15, 0.2) is 12.4 Å². The molecule has 0 aromatic carbocycles. The SMILES string of the molecule is CCNC1CCC(C)CC1n1cc(C(F)(F)F)cn1. The van der Waals surface area contributed by atoms with Crippen molar-refractivity contribution in [3.8, 4) is 0 Å². The van der Waals surface area contributed by atoms with Gasteiger partial charge in [0.1, 0.15) is 0 Å². The summed E-state index contributed by atoms with van der Waals surface area (Å²) in [6.45, 7) is 4.98. The Morgan fingerprint density at radius 2 is 2.16 bits per heavy atom. The Labute approximate surface area is 111 Å². The summed E-state index contributed by atoms with van der Waals surface area (Å²) in [5.74, 6) is 0.526. The number of halogens is 3. The molecule has 108 valence electrons. The Hall–Kier alpha value is -1.04. The average Bonchev–Trinajstić information content (AvgIpc) is 2.80. The minimum Gasteiger partial charge on any atom is -0.312 e. The molecule has 0 spiro atoms. The average molecular weight is 275 g/mol. The highest BCUT2D eigenvalue weighted by Gasteiger charge is 2.35. The molecule has 0 bridgehead atoms. The van der Waals surface area contributed by atoms with E-state index < -0.39 is 11.7 Å². The van der Waals surface area contributed by atoms with Crippen molar-refractivity contribution in [2.45, 2.75) is 51.4 Å². The van der Waals surface area contributed by atoms with Gasteiger partial charge >= 0.3 is 6.18 Å². The zero-order valence-electron chi connectivity index (χ0n) is 11.2. The highest BCUT2D eigenvalue weighted by atomic mass is 19.4. The van der Waals surface area contributed by atoms with Crippen molar-refractivity contribution < 1.29 is 13.2 Å². The van der Waals surface area contributed by atoms with Crippen molar-refractivity contribution in [2.75, 3.05) is 6.54 Å². The molecule has 1 fully saturated rings. The minimum absolute atomic E-state index is 0.0137. The molecule has 0 saturated heterocycles. The van der Waals surface area contributed by atoms with E-state index in [9.17, 15) is 13.2 Å². The van der Waals surface area contributed by atoms with Crippen LogP contribution in [-0.4, -0.2) is 22.4 Å². The molecule has 1 N–H and O–H groups in total. The summed E-state index contributed by atoms with van der Waals surface area (Å²) < 4.78 is 39.4. The molecule has 19 heavy (non-hydrogen) atoms. The molecule has 2 rings (SSSR count). The van der Waals surface area contributed by atoms with E-state index in [0.29, 0.717) is 5.92 Å². The number of rotatable bonds is 3. The maximum atomic E-state index is 12.6. The molecule has 1 saturated carbocycles. The van der Waals surface area contributed by atoms with Crippen LogP contribution in [-0.2, 0) is 6.18 Å². The first-order chi connectivity index (χ1) is 8.91. The number of hydrogen-bond acceptors (Lipinski definition) is 2. The summed E-state index contributed by atoms with van der Waals surface area (Å²) in [5.41, 5.74) is -0.666. The zero-order chi connectivity index (χ0) is 14.0. The van der Waals surface area contributed by atoms with Crippen LogP contribution >= 0.6 is 0 Å². The lowest BCUT2D eigenvalue weighted by atomic mass is 9.83. The molecule has 0 radical (unpaired) electrons. The van der Waals surface area contributed by atoms with Crippen LogP contribution < -0.4 is 5.32 Å². The van der Waals surface area contributed by atoms with E-state index in [1.807, 2.05) is 6.92 Å². The van der Waals surface area contributed by atoms with Gasteiger partial charge in [-0.25, -0.2) is 0 Å². The van der Waals surface area contributed by atoms with Gasteiger partial charge in [-0.05, 0) is 31.7 Å². The fourth-order valence-electron chi connectivity index (χ4n) is 2.81. The van der Waals surface area contributed by atoms with Crippen LogP contribution in [0.25, 0.3) is 0 Å². The maximum Gasteiger partial charge on any atom is 0.419 e. The monoisotopic (exact) mass is 275 g/mol. The van der Waals surface area contributed by atoms with E-state index in [2.05, 4.69) is 17.3 Å². The minimum atomic E-state index is -4.31. The van der Waals surface area contributed by atoms with Crippen LogP contribution in [0, 0.1) is 5.92 Å². The van der Waals surface area contributed by atoms with E-state index in [1.165, 1.54) is 4.68 Å². The highest BCUT2D eigenvalue weighted by Crippen LogP contribution is 2.34. The topological polar surface area (TPSA) is 29.9 Å². The number of aromatic nitrogens is 2. The van der Waals surface area contributed by atoms with E-state index in [0.717, 1.165) is 38.2 Å². The molecule has 1 aromatic heterocycles. The summed E-state index contributed by atoms with van der Waals surface area (Å²) >= 11 is 0. The predicted octanol–water partition coefficient (Wildman–Crippen LogP) is 3.24. The van der Waals surface area contributed by atoms with Gasteiger partial charge in [0.25, 0.3) is 0 Å². The summed E-state index contributed by atoms with van der Waals surface area (Å²) in [4.78, 5) is 0. The molecule has 1 aliphatic carbocycles. The Kier molecular flexibility index (Phi) is 4.18. The summed E-state index contributed by atoms with van der Waals surface area (Å²) in [6.07, 6.45) is 0.709. The molecule has 1 aromatic rings. The fraction of sp³-hybridized carbons (Fsp3) is 0.769. The van der Waals surface area contributed by atoms with Gasteiger partial charge < -0.3 is 5.32 Å². The van der Waals surface area contributed by atoms with E-state index in [4.69, 9.17) is 0 Å². The molecule has 6 heteroatoms. The van der Waals surface area contributed by atoms with Gasteiger partial charge in [0.2, 0.25) is 0 Å². The predicted molar refractivity (Wildman–Crippen MR) is 66.7 cm³/mol. The zero-order valence-corrected chi connectivity index (χ0v) is 11.2. The van der Waals surface area contributed by atoms with Crippen LogP contribution in [0.1, 0.15) is 44.7 Å². The number of nitrogens with one attached hydrogen (secondary N) is 1. The van der Waals surface area contributed by atoms with Crippen LogP contribution in [0.3, 0.4) is 0 Å². The van der Waals surface area contributed by atoms with Crippen molar-refractivity contribution in [3.05, 3.63) is 18.0 Å². The van der Waals surface area contributed by atoms with Gasteiger partial charge in [-0.3, -0.25) is 4.68 Å². The first-order valence-corrected chi connectivity index (χ1v) is 6.76. The van der Waals surface area contributed by atoms with Crippen molar-refractivity contribution >= 4 is 0 Å². The van der Waals surface area contributed by atoms with Crippen LogP contribution in [0.2, 0.25) is 0 Å². The second kappa shape index (κ2) is 5.53. The van der Waals surface area contributed by atoms with E-state index in [-0.39, 0.29) is 12.1 Å². The van der Waals surface area contributed by atoms with E-state index in [1.54, 1.807) is 0 Å². The van der Waals surface area contributed by atoms with Crippen molar-refractivity contribution in [3.63, 3.8) is 0 Å². The summed E-state index contributed by atoms with van der Waals surface area (Å²) in [7, 11) is 0. The largest absolute Gasteiger partial charge is 0.419 e. The van der Waals surface area contributed by atoms with Gasteiger partial charge in [-0.15, -0.1) is 0 Å². The van der Waals surface area contributed by atoms with Crippen molar-refractivity contribution in [1.82, 2.24) is 15.1 Å². The summed E-state index contributed by atoms with van der Waals surface area (Å²) in [6, 6.07) is 0.224. The van der Waals surface area contributed by atoms with E-state index >= 15 is 0 Å². The molecule has 3 nitrogen and oxygen atoms in total. The lowest BCUT2D eigenvalue weighted by Gasteiger charge is -2.35. The first-order valence-electron chi connectivity index (χ1n) is 6.76. The number of nitrogens with zero attached hydrogens (tertiary/aromatic N) is 2. The van der Waals surface area contributed by atoms with Gasteiger partial charge in [0, 0.05) is 12.2 Å².